The van der Waals surface area contributed by atoms with Gasteiger partial charge in [-0.1, -0.05) is 34.6 Å². The minimum absolute atomic E-state index is 0.323. The third-order valence-electron chi connectivity index (χ3n) is 4.81. The lowest BCUT2D eigenvalue weighted by atomic mass is 10.2. The summed E-state index contributed by atoms with van der Waals surface area (Å²) in [6.07, 6.45) is -4.29. The van der Waals surface area contributed by atoms with Crippen molar-refractivity contribution in [3.63, 3.8) is 0 Å². The molecule has 0 aliphatic heterocycles. The molecule has 1 N–H and O–H groups in total. The van der Waals surface area contributed by atoms with Gasteiger partial charge in [0, 0.05) is 22.6 Å². The van der Waals surface area contributed by atoms with Gasteiger partial charge in [-0.25, -0.2) is 4.98 Å². The number of ether oxygens (including phenoxy) is 1. The number of benzene rings is 2. The zero-order valence-corrected chi connectivity index (χ0v) is 19.8. The smallest absolute Gasteiger partial charge is 0.406 e. The molecule has 0 saturated carbocycles. The summed E-state index contributed by atoms with van der Waals surface area (Å²) in [5, 5.41) is 12.0. The fourth-order valence-electron chi connectivity index (χ4n) is 3.28. The van der Waals surface area contributed by atoms with E-state index in [0.29, 0.717) is 28.4 Å². The number of anilines is 1. The Hall–Kier alpha value is -2.86. The largest absolute Gasteiger partial charge is 0.573 e. The summed E-state index contributed by atoms with van der Waals surface area (Å²) in [5.74, 6) is -0.687. The fraction of sp³-hybridized carbons (Fsp3) is 0.238. The Morgan fingerprint density at radius 1 is 1.21 bits per heavy atom. The maximum atomic E-state index is 12.7. The molecule has 1 amide bonds. The zero-order chi connectivity index (χ0) is 23.8. The summed E-state index contributed by atoms with van der Waals surface area (Å²) in [6, 6.07) is 10.8. The van der Waals surface area contributed by atoms with E-state index in [1.165, 1.54) is 23.9 Å². The first kappa shape index (κ1) is 23.3. The first-order chi connectivity index (χ1) is 15.6. The van der Waals surface area contributed by atoms with Crippen LogP contribution in [-0.4, -0.2) is 37.3 Å². The molecule has 0 spiro atoms. The predicted molar refractivity (Wildman–Crippen MR) is 123 cm³/mol. The summed E-state index contributed by atoms with van der Waals surface area (Å²) in [4.78, 5) is 17.3. The van der Waals surface area contributed by atoms with Crippen LogP contribution >= 0.6 is 27.7 Å². The molecule has 0 fully saturated rings. The van der Waals surface area contributed by atoms with Gasteiger partial charge < -0.3 is 14.6 Å². The molecule has 4 aromatic rings. The Labute approximate surface area is 198 Å². The molecule has 2 aromatic heterocycles. The minimum Gasteiger partial charge on any atom is -0.406 e. The van der Waals surface area contributed by atoms with E-state index >= 15 is 0 Å². The Morgan fingerprint density at radius 3 is 2.61 bits per heavy atom. The summed E-state index contributed by atoms with van der Waals surface area (Å²) in [6.45, 7) is 1.85. The van der Waals surface area contributed by atoms with Gasteiger partial charge in [0.1, 0.15) is 11.3 Å². The van der Waals surface area contributed by atoms with Crippen LogP contribution in [0.15, 0.2) is 52.1 Å². The molecular weight excluding hydrogens is 523 g/mol. The zero-order valence-electron chi connectivity index (χ0n) is 17.4. The summed E-state index contributed by atoms with van der Waals surface area (Å²) >= 11 is 4.63. The topological polar surface area (TPSA) is 81.9 Å². The standard InChI is InChI=1S/C21H17BrF3N5O2S/c1-3-16(19(31)26-12-5-7-13(8-6-12)32-21(23,24)25)33-20-27-18-17(28-29-20)14-10-11(22)4-9-15(14)30(18)2/h4-10,16H,3H2,1-2H3,(H,26,31)/t16-/m0/s1. The highest BCUT2D eigenvalue weighted by atomic mass is 79.9. The molecule has 1 atom stereocenters. The Morgan fingerprint density at radius 2 is 1.94 bits per heavy atom. The van der Waals surface area contributed by atoms with Crippen LogP contribution in [0.1, 0.15) is 13.3 Å². The van der Waals surface area contributed by atoms with E-state index in [1.807, 2.05) is 36.7 Å². The van der Waals surface area contributed by atoms with Gasteiger partial charge in [0.25, 0.3) is 0 Å². The van der Waals surface area contributed by atoms with Gasteiger partial charge in [-0.05, 0) is 48.9 Å². The number of carbonyl (C=O) groups is 1. The molecule has 33 heavy (non-hydrogen) atoms. The highest BCUT2D eigenvalue weighted by molar-refractivity contribution is 9.10. The number of hydrogen-bond acceptors (Lipinski definition) is 6. The molecule has 0 radical (unpaired) electrons. The molecular formula is C21H17BrF3N5O2S. The summed E-state index contributed by atoms with van der Waals surface area (Å²) in [7, 11) is 1.89. The lowest BCUT2D eigenvalue weighted by Gasteiger charge is -2.14. The van der Waals surface area contributed by atoms with Gasteiger partial charge in [0.2, 0.25) is 11.1 Å². The number of thioether (sulfide) groups is 1. The van der Waals surface area contributed by atoms with E-state index in [2.05, 4.69) is 41.2 Å². The molecule has 0 unspecified atom stereocenters. The molecule has 7 nitrogen and oxygen atoms in total. The normalized spacial score (nSPS) is 12.8. The Kier molecular flexibility index (Phi) is 6.48. The third-order valence-corrected chi connectivity index (χ3v) is 6.52. The average molecular weight is 540 g/mol. The van der Waals surface area contributed by atoms with Crippen LogP contribution in [0.2, 0.25) is 0 Å². The van der Waals surface area contributed by atoms with Crippen LogP contribution in [0.3, 0.4) is 0 Å². The van der Waals surface area contributed by atoms with Gasteiger partial charge in [-0.3, -0.25) is 4.79 Å². The third kappa shape index (κ3) is 5.22. The molecule has 0 saturated heterocycles. The molecule has 0 aliphatic rings. The van der Waals surface area contributed by atoms with Gasteiger partial charge in [0.05, 0.1) is 10.8 Å². The SMILES string of the molecule is CC[C@H](Sc1nnc2c3cc(Br)ccc3n(C)c2n1)C(=O)Nc1ccc(OC(F)(F)F)cc1. The summed E-state index contributed by atoms with van der Waals surface area (Å²) < 4.78 is 43.6. The number of halogens is 4. The number of nitrogens with one attached hydrogen (secondary N) is 1. The molecule has 2 aromatic carbocycles. The van der Waals surface area contributed by atoms with Crippen molar-refractivity contribution >= 4 is 61.4 Å². The molecule has 0 bridgehead atoms. The van der Waals surface area contributed by atoms with Crippen molar-refractivity contribution in [2.24, 2.45) is 7.05 Å². The van der Waals surface area contributed by atoms with E-state index in [9.17, 15) is 18.0 Å². The lowest BCUT2D eigenvalue weighted by molar-refractivity contribution is -0.274. The number of alkyl halides is 3. The van der Waals surface area contributed by atoms with Crippen molar-refractivity contribution in [2.75, 3.05) is 5.32 Å². The number of fused-ring (bicyclic) bond motifs is 3. The van der Waals surface area contributed by atoms with Crippen LogP contribution < -0.4 is 10.1 Å². The Bertz CT molecular complexity index is 1330. The maximum Gasteiger partial charge on any atom is 0.573 e. The van der Waals surface area contributed by atoms with Crippen molar-refractivity contribution in [2.45, 2.75) is 30.1 Å². The van der Waals surface area contributed by atoms with E-state index in [1.54, 1.807) is 0 Å². The van der Waals surface area contributed by atoms with Crippen LogP contribution in [-0.2, 0) is 11.8 Å². The van der Waals surface area contributed by atoms with E-state index < -0.39 is 11.6 Å². The van der Waals surface area contributed by atoms with Crippen LogP contribution in [0, 0.1) is 0 Å². The van der Waals surface area contributed by atoms with Crippen molar-refractivity contribution in [1.29, 1.82) is 0 Å². The van der Waals surface area contributed by atoms with Crippen molar-refractivity contribution < 1.29 is 22.7 Å². The van der Waals surface area contributed by atoms with Gasteiger partial charge in [0.15, 0.2) is 5.65 Å². The van der Waals surface area contributed by atoms with E-state index in [4.69, 9.17) is 0 Å². The lowest BCUT2D eigenvalue weighted by Crippen LogP contribution is -2.25. The van der Waals surface area contributed by atoms with Crippen molar-refractivity contribution in [3.05, 3.63) is 46.9 Å². The van der Waals surface area contributed by atoms with Gasteiger partial charge in [-0.15, -0.1) is 23.4 Å². The first-order valence-corrected chi connectivity index (χ1v) is 11.4. The van der Waals surface area contributed by atoms with Gasteiger partial charge in [-0.2, -0.15) is 0 Å². The maximum absolute atomic E-state index is 12.7. The summed E-state index contributed by atoms with van der Waals surface area (Å²) in [5.41, 5.74) is 2.62. The molecule has 4 rings (SSSR count). The molecule has 172 valence electrons. The Balaban J connectivity index is 1.50. The number of aromatic nitrogens is 4. The number of aryl methyl sites for hydroxylation is 1. The van der Waals surface area contributed by atoms with E-state index in [0.717, 1.165) is 27.5 Å². The van der Waals surface area contributed by atoms with Crippen LogP contribution in [0.4, 0.5) is 18.9 Å². The van der Waals surface area contributed by atoms with Crippen molar-refractivity contribution in [1.82, 2.24) is 19.7 Å². The number of rotatable bonds is 6. The average Bonchev–Trinajstić information content (AvgIpc) is 3.03. The first-order valence-electron chi connectivity index (χ1n) is 9.76. The second kappa shape index (κ2) is 9.18. The molecule has 0 aliphatic carbocycles. The second-order valence-corrected chi connectivity index (χ2v) is 9.15. The number of carbonyl (C=O) groups excluding carboxylic acids is 1. The van der Waals surface area contributed by atoms with Gasteiger partial charge >= 0.3 is 6.36 Å². The van der Waals surface area contributed by atoms with Crippen LogP contribution in [0.25, 0.3) is 22.1 Å². The van der Waals surface area contributed by atoms with Crippen molar-refractivity contribution in [3.8, 4) is 5.75 Å². The number of hydrogen-bond donors (Lipinski definition) is 1. The fourth-order valence-corrected chi connectivity index (χ4v) is 4.45. The van der Waals surface area contributed by atoms with Crippen LogP contribution in [0.5, 0.6) is 5.75 Å². The predicted octanol–water partition coefficient (Wildman–Crippen LogP) is 5.69. The monoisotopic (exact) mass is 539 g/mol. The second-order valence-electron chi connectivity index (χ2n) is 7.06. The highest BCUT2D eigenvalue weighted by Crippen LogP contribution is 2.30. The van der Waals surface area contributed by atoms with E-state index in [-0.39, 0.29) is 11.7 Å². The number of amides is 1. The molecule has 12 heteroatoms. The highest BCUT2D eigenvalue weighted by Gasteiger charge is 2.31. The number of nitrogens with zero attached hydrogens (tertiary/aromatic N) is 4. The molecule has 2 heterocycles. The quantitative estimate of drug-likeness (QED) is 0.317. The minimum atomic E-state index is -4.77.